The monoisotopic (exact) mass is 482 g/mol. The third-order valence-corrected chi connectivity index (χ3v) is 9.11. The number of halogens is 2. The molecule has 8 heteroatoms. The Bertz CT molecular complexity index is 955. The van der Waals surface area contributed by atoms with Crippen LogP contribution in [0.3, 0.4) is 0 Å². The van der Waals surface area contributed by atoms with Gasteiger partial charge in [-0.15, -0.1) is 0 Å². The van der Waals surface area contributed by atoms with Crippen LogP contribution in [0.1, 0.15) is 53.9 Å². The van der Waals surface area contributed by atoms with Crippen molar-refractivity contribution < 1.29 is 38.4 Å². The average Bonchev–Trinajstić information content (AvgIpc) is 2.97. The summed E-state index contributed by atoms with van der Waals surface area (Å²) in [5.74, 6) is -3.02. The van der Waals surface area contributed by atoms with Crippen molar-refractivity contribution in [1.82, 2.24) is 0 Å². The number of aliphatic hydroxyl groups is 3. The number of aliphatic hydroxyl groups excluding tert-OH is 2. The van der Waals surface area contributed by atoms with Crippen molar-refractivity contribution in [3.63, 3.8) is 0 Å². The summed E-state index contributed by atoms with van der Waals surface area (Å²) in [6.45, 7) is 8.17. The van der Waals surface area contributed by atoms with Gasteiger partial charge in [-0.05, 0) is 55.2 Å². The van der Waals surface area contributed by atoms with Crippen LogP contribution in [0, 0.1) is 28.1 Å². The van der Waals surface area contributed by atoms with Crippen molar-refractivity contribution in [2.24, 2.45) is 28.1 Å². The first-order valence-corrected chi connectivity index (χ1v) is 12.0. The summed E-state index contributed by atoms with van der Waals surface area (Å²) in [7, 11) is 0. The highest BCUT2D eigenvalue weighted by atomic mass is 19.1. The lowest BCUT2D eigenvalue weighted by molar-refractivity contribution is -0.228. The molecule has 0 saturated heterocycles. The number of allylic oxidation sites excluding steroid dienone is 4. The van der Waals surface area contributed by atoms with Crippen molar-refractivity contribution in [1.29, 1.82) is 0 Å². The van der Waals surface area contributed by atoms with Crippen LogP contribution in [0.2, 0.25) is 0 Å². The number of hydrogen-bond donors (Lipinski definition) is 3. The second kappa shape index (κ2) is 7.76. The topological polar surface area (TPSA) is 104 Å². The van der Waals surface area contributed by atoms with Gasteiger partial charge in [0.1, 0.15) is 12.8 Å². The lowest BCUT2D eigenvalue weighted by atomic mass is 9.44. The van der Waals surface area contributed by atoms with Crippen LogP contribution in [0.5, 0.6) is 0 Å². The largest absolute Gasteiger partial charge is 0.390 e. The summed E-state index contributed by atoms with van der Waals surface area (Å²) in [6.07, 6.45) is -1.09. The number of fused-ring (bicyclic) bond motifs is 5. The molecule has 4 aliphatic rings. The molecule has 0 bridgehead atoms. The molecule has 4 rings (SSSR count). The fourth-order valence-electron chi connectivity index (χ4n) is 7.35. The molecule has 0 spiro atoms. The summed E-state index contributed by atoms with van der Waals surface area (Å²) < 4.78 is 38.7. The minimum atomic E-state index is -2.31. The van der Waals surface area contributed by atoms with E-state index in [-0.39, 0.29) is 36.9 Å². The molecule has 1 unspecified atom stereocenters. The van der Waals surface area contributed by atoms with E-state index in [0.717, 1.165) is 6.08 Å². The number of ether oxygens (including phenoxy) is 1. The number of Topliss-reactive ketones (excluding diaryl/α,β-unsaturated/α-hetero) is 1. The van der Waals surface area contributed by atoms with E-state index in [0.29, 0.717) is 0 Å². The van der Waals surface area contributed by atoms with E-state index in [1.54, 1.807) is 6.92 Å². The highest BCUT2D eigenvalue weighted by Gasteiger charge is 2.77. The van der Waals surface area contributed by atoms with Crippen molar-refractivity contribution in [3.05, 3.63) is 23.8 Å². The molecule has 34 heavy (non-hydrogen) atoms. The van der Waals surface area contributed by atoms with E-state index in [1.165, 1.54) is 19.1 Å². The minimum absolute atomic E-state index is 0.0154. The van der Waals surface area contributed by atoms with Crippen molar-refractivity contribution in [2.45, 2.75) is 83.5 Å². The lowest BCUT2D eigenvalue weighted by Crippen LogP contribution is -2.71. The van der Waals surface area contributed by atoms with E-state index in [1.807, 2.05) is 20.8 Å². The maximum Gasteiger partial charge on any atom is 0.192 e. The van der Waals surface area contributed by atoms with Crippen LogP contribution >= 0.6 is 0 Å². The van der Waals surface area contributed by atoms with Gasteiger partial charge in [0.05, 0.1) is 18.8 Å². The Hall–Kier alpha value is -1.48. The zero-order valence-electron chi connectivity index (χ0n) is 20.5. The smallest absolute Gasteiger partial charge is 0.192 e. The molecular formula is C26H36F2O6. The molecule has 0 aromatic carbocycles. The van der Waals surface area contributed by atoms with Crippen LogP contribution in [-0.2, 0) is 14.3 Å². The molecule has 0 aromatic heterocycles. The molecule has 190 valence electrons. The van der Waals surface area contributed by atoms with E-state index in [2.05, 4.69) is 0 Å². The molecule has 9 atom stereocenters. The SMILES string of the molecule is CC(C)(C)CO[C@@H]1CC2[C@@H]3C[C@H](F)C4=CC(=O)C=C[C@]4(C)[C@@]3(F)[C@@H](O)C[C@]2(C)[C@@]1(O)C(=O)CO. The summed E-state index contributed by atoms with van der Waals surface area (Å²) in [6, 6.07) is 0. The van der Waals surface area contributed by atoms with Crippen LogP contribution in [0.4, 0.5) is 8.78 Å². The average molecular weight is 483 g/mol. The van der Waals surface area contributed by atoms with Crippen LogP contribution in [-0.4, -0.2) is 69.7 Å². The molecule has 4 aliphatic carbocycles. The first-order valence-electron chi connectivity index (χ1n) is 12.0. The molecule has 0 aliphatic heterocycles. The van der Waals surface area contributed by atoms with Crippen molar-refractivity contribution >= 4 is 11.6 Å². The number of hydrogen-bond acceptors (Lipinski definition) is 6. The lowest BCUT2D eigenvalue weighted by Gasteiger charge is -2.62. The predicted octanol–water partition coefficient (Wildman–Crippen LogP) is 2.64. The van der Waals surface area contributed by atoms with Crippen LogP contribution in [0.25, 0.3) is 0 Å². The van der Waals surface area contributed by atoms with E-state index in [9.17, 15) is 24.9 Å². The van der Waals surface area contributed by atoms with Gasteiger partial charge >= 0.3 is 0 Å². The number of rotatable bonds is 4. The Morgan fingerprint density at radius 2 is 1.88 bits per heavy atom. The molecule has 0 heterocycles. The zero-order valence-corrected chi connectivity index (χ0v) is 20.5. The second-order valence-electron chi connectivity index (χ2n) is 12.3. The Kier molecular flexibility index (Phi) is 5.84. The van der Waals surface area contributed by atoms with E-state index < -0.39 is 70.5 Å². The van der Waals surface area contributed by atoms with Gasteiger partial charge in [0.2, 0.25) is 0 Å². The molecule has 0 aromatic rings. The minimum Gasteiger partial charge on any atom is -0.390 e. The number of carbonyl (C=O) groups excluding carboxylic acids is 2. The molecule has 3 fully saturated rings. The molecular weight excluding hydrogens is 446 g/mol. The number of carbonyl (C=O) groups is 2. The van der Waals surface area contributed by atoms with Gasteiger partial charge in [-0.2, -0.15) is 0 Å². The Morgan fingerprint density at radius 3 is 2.47 bits per heavy atom. The van der Waals surface area contributed by atoms with Crippen LogP contribution in [0.15, 0.2) is 23.8 Å². The highest BCUT2D eigenvalue weighted by Crippen LogP contribution is 2.70. The number of alkyl halides is 2. The van der Waals surface area contributed by atoms with Crippen molar-refractivity contribution in [3.8, 4) is 0 Å². The summed E-state index contributed by atoms with van der Waals surface area (Å²) in [4.78, 5) is 24.9. The maximum atomic E-state index is 17.2. The Labute approximate surface area is 199 Å². The van der Waals surface area contributed by atoms with Gasteiger partial charge in [-0.25, -0.2) is 8.78 Å². The van der Waals surface area contributed by atoms with Crippen LogP contribution < -0.4 is 0 Å². The van der Waals surface area contributed by atoms with Gasteiger partial charge in [-0.3, -0.25) is 9.59 Å². The van der Waals surface area contributed by atoms with Gasteiger partial charge < -0.3 is 20.1 Å². The van der Waals surface area contributed by atoms with Gasteiger partial charge in [0.15, 0.2) is 22.8 Å². The first kappa shape index (κ1) is 25.6. The summed E-state index contributed by atoms with van der Waals surface area (Å²) in [5.41, 5.74) is -7.65. The molecule has 3 saturated carbocycles. The summed E-state index contributed by atoms with van der Waals surface area (Å²) in [5, 5.41) is 32.8. The fourth-order valence-corrected chi connectivity index (χ4v) is 7.35. The predicted molar refractivity (Wildman–Crippen MR) is 120 cm³/mol. The Morgan fingerprint density at radius 1 is 1.24 bits per heavy atom. The quantitative estimate of drug-likeness (QED) is 0.569. The fraction of sp³-hybridized carbons (Fsp3) is 0.769. The number of ketones is 2. The van der Waals surface area contributed by atoms with E-state index >= 15 is 8.78 Å². The third kappa shape index (κ3) is 3.18. The summed E-state index contributed by atoms with van der Waals surface area (Å²) >= 11 is 0. The zero-order chi connectivity index (χ0) is 25.5. The van der Waals surface area contributed by atoms with E-state index in [4.69, 9.17) is 4.74 Å². The maximum absolute atomic E-state index is 17.2. The first-order chi connectivity index (χ1) is 15.6. The standard InChI is InChI=1S/C26H36F2O6/c1-22(2,3)13-34-21-10-15-16-9-18(27)17-8-14(30)6-7-23(17,4)25(16,28)19(31)11-24(15,5)26(21,33)20(32)12-29/h6-8,15-16,18-19,21,29,31,33H,9-13H2,1-5H3/t15?,16-,18-,19-,21+,23-,24-,25-,26+/m0/s1. The highest BCUT2D eigenvalue weighted by molar-refractivity contribution is 6.01. The van der Waals surface area contributed by atoms with Gasteiger partial charge in [-0.1, -0.05) is 33.8 Å². The molecule has 6 nitrogen and oxygen atoms in total. The Balaban J connectivity index is 1.83. The molecule has 0 amide bonds. The molecule has 3 N–H and O–H groups in total. The second-order valence-corrected chi connectivity index (χ2v) is 12.3. The third-order valence-electron chi connectivity index (χ3n) is 9.11. The normalized spacial score (nSPS) is 48.1. The van der Waals surface area contributed by atoms with Gasteiger partial charge in [0, 0.05) is 16.7 Å². The molecule has 0 radical (unpaired) electrons. The van der Waals surface area contributed by atoms with Crippen molar-refractivity contribution in [2.75, 3.05) is 13.2 Å². The van der Waals surface area contributed by atoms with Gasteiger partial charge in [0.25, 0.3) is 0 Å².